The summed E-state index contributed by atoms with van der Waals surface area (Å²) in [5, 5.41) is 7.88. The molecule has 4 rings (SSSR count). The van der Waals surface area contributed by atoms with Gasteiger partial charge in [0.05, 0.1) is 5.56 Å². The minimum Gasteiger partial charge on any atom is -0.334 e. The second-order valence-corrected chi connectivity index (χ2v) is 6.56. The zero-order valence-corrected chi connectivity index (χ0v) is 13.6. The average Bonchev–Trinajstić information content (AvgIpc) is 3.30. The van der Waals surface area contributed by atoms with Crippen molar-refractivity contribution in [2.45, 2.75) is 44.7 Å². The van der Waals surface area contributed by atoms with Gasteiger partial charge >= 0.3 is 0 Å². The molecule has 4 heterocycles. The maximum Gasteiger partial charge on any atom is 0.255 e. The van der Waals surface area contributed by atoms with Crippen molar-refractivity contribution in [1.29, 1.82) is 0 Å². The summed E-state index contributed by atoms with van der Waals surface area (Å²) in [6.45, 7) is 5.35. The van der Waals surface area contributed by atoms with Crippen LogP contribution in [0.1, 0.15) is 43.0 Å². The molecule has 2 fully saturated rings. The van der Waals surface area contributed by atoms with Gasteiger partial charge in [-0.3, -0.25) is 14.1 Å². The van der Waals surface area contributed by atoms with Gasteiger partial charge in [0.25, 0.3) is 5.91 Å². The number of fused-ring (bicyclic) bond motifs is 1. The van der Waals surface area contributed by atoms with E-state index in [0.717, 1.165) is 37.1 Å². The van der Waals surface area contributed by atoms with Crippen LogP contribution < -0.4 is 0 Å². The third kappa shape index (κ3) is 2.51. The van der Waals surface area contributed by atoms with Gasteiger partial charge in [0.1, 0.15) is 6.33 Å². The molecule has 2 aliphatic heterocycles. The Balaban J connectivity index is 1.59. The van der Waals surface area contributed by atoms with Gasteiger partial charge in [-0.25, -0.2) is 0 Å². The molecule has 2 aromatic rings. The lowest BCUT2D eigenvalue weighted by Gasteiger charge is -2.34. The fourth-order valence-electron chi connectivity index (χ4n) is 4.24. The van der Waals surface area contributed by atoms with Gasteiger partial charge in [-0.1, -0.05) is 6.92 Å². The predicted molar refractivity (Wildman–Crippen MR) is 87.3 cm³/mol. The molecule has 122 valence electrons. The molecule has 23 heavy (non-hydrogen) atoms. The first kappa shape index (κ1) is 14.6. The van der Waals surface area contributed by atoms with Crippen LogP contribution in [0.4, 0.5) is 0 Å². The van der Waals surface area contributed by atoms with Gasteiger partial charge in [-0.15, -0.1) is 10.2 Å². The van der Waals surface area contributed by atoms with Crippen LogP contribution in [0.15, 0.2) is 24.7 Å². The van der Waals surface area contributed by atoms with E-state index < -0.39 is 0 Å². The van der Waals surface area contributed by atoms with Crippen LogP contribution in [-0.4, -0.2) is 62.0 Å². The summed E-state index contributed by atoms with van der Waals surface area (Å²) in [7, 11) is 0. The molecule has 6 heteroatoms. The molecule has 2 aliphatic rings. The van der Waals surface area contributed by atoms with Crippen LogP contribution in [0.2, 0.25) is 0 Å². The van der Waals surface area contributed by atoms with E-state index in [-0.39, 0.29) is 5.91 Å². The van der Waals surface area contributed by atoms with Crippen molar-refractivity contribution in [1.82, 2.24) is 24.4 Å². The minimum atomic E-state index is 0.144. The van der Waals surface area contributed by atoms with E-state index in [9.17, 15) is 4.79 Å². The van der Waals surface area contributed by atoms with Crippen LogP contribution in [0.5, 0.6) is 0 Å². The number of nitrogens with zero attached hydrogens (tertiary/aromatic N) is 5. The Morgan fingerprint density at radius 2 is 2.04 bits per heavy atom. The monoisotopic (exact) mass is 313 g/mol. The van der Waals surface area contributed by atoms with Gasteiger partial charge in [-0.05, 0) is 50.9 Å². The van der Waals surface area contributed by atoms with Crippen LogP contribution in [0.3, 0.4) is 0 Å². The summed E-state index contributed by atoms with van der Waals surface area (Å²) < 4.78 is 1.81. The Kier molecular flexibility index (Phi) is 3.77. The van der Waals surface area contributed by atoms with Gasteiger partial charge in [0.15, 0.2) is 5.65 Å². The first-order chi connectivity index (χ1) is 11.3. The molecular weight excluding hydrogens is 290 g/mol. The lowest BCUT2D eigenvalue weighted by molar-refractivity contribution is 0.0649. The number of likely N-dealkylation sites (N-methyl/N-ethyl adjacent to an activating group) is 1. The third-order valence-electron chi connectivity index (χ3n) is 5.36. The van der Waals surface area contributed by atoms with Crippen molar-refractivity contribution >= 4 is 11.6 Å². The highest BCUT2D eigenvalue weighted by molar-refractivity contribution is 5.94. The molecule has 0 unspecified atom stereocenters. The zero-order valence-electron chi connectivity index (χ0n) is 13.6. The molecular formula is C17H23N5O. The summed E-state index contributed by atoms with van der Waals surface area (Å²) in [6.07, 6.45) is 8.19. The van der Waals surface area contributed by atoms with Crippen LogP contribution >= 0.6 is 0 Å². The lowest BCUT2D eigenvalue weighted by Crippen LogP contribution is -2.48. The Labute approximate surface area is 136 Å². The summed E-state index contributed by atoms with van der Waals surface area (Å²) in [6, 6.07) is 4.62. The van der Waals surface area contributed by atoms with E-state index in [4.69, 9.17) is 0 Å². The molecule has 1 amide bonds. The molecule has 0 aliphatic carbocycles. The van der Waals surface area contributed by atoms with E-state index in [1.807, 2.05) is 22.7 Å². The molecule has 6 nitrogen and oxygen atoms in total. The highest BCUT2D eigenvalue weighted by atomic mass is 16.2. The molecule has 0 radical (unpaired) electrons. The number of likely N-dealkylation sites (tertiary alicyclic amines) is 2. The smallest absolute Gasteiger partial charge is 0.255 e. The van der Waals surface area contributed by atoms with E-state index in [2.05, 4.69) is 26.9 Å². The molecule has 0 N–H and O–H groups in total. The molecule has 0 spiro atoms. The molecule has 2 atom stereocenters. The van der Waals surface area contributed by atoms with Gasteiger partial charge in [0, 0.05) is 24.8 Å². The molecule has 2 saturated heterocycles. The Morgan fingerprint density at radius 1 is 1.22 bits per heavy atom. The number of hydrogen-bond donors (Lipinski definition) is 0. The standard InChI is InChI=1S/C17H23N5O/c1-2-20-9-3-5-14(20)15-6-4-10-22(15)17(23)13-7-8-16-19-18-12-21(16)11-13/h7-8,11-12,14-15H,2-6,9-10H2,1H3/t14-,15-/m0/s1. The van der Waals surface area contributed by atoms with Crippen molar-refractivity contribution in [3.05, 3.63) is 30.2 Å². The highest BCUT2D eigenvalue weighted by Gasteiger charge is 2.39. The number of rotatable bonds is 3. The van der Waals surface area contributed by atoms with Crippen molar-refractivity contribution in [3.63, 3.8) is 0 Å². The largest absolute Gasteiger partial charge is 0.334 e. The van der Waals surface area contributed by atoms with Crippen LogP contribution in [-0.2, 0) is 0 Å². The Bertz CT molecular complexity index is 712. The van der Waals surface area contributed by atoms with Crippen LogP contribution in [0, 0.1) is 0 Å². The summed E-state index contributed by atoms with van der Waals surface area (Å²) in [5.41, 5.74) is 1.50. The fraction of sp³-hybridized carbons (Fsp3) is 0.588. The van der Waals surface area contributed by atoms with Gasteiger partial charge in [-0.2, -0.15) is 0 Å². The fourth-order valence-corrected chi connectivity index (χ4v) is 4.24. The lowest BCUT2D eigenvalue weighted by atomic mass is 10.0. The van der Waals surface area contributed by atoms with E-state index in [1.165, 1.54) is 19.4 Å². The quantitative estimate of drug-likeness (QED) is 0.867. The van der Waals surface area contributed by atoms with E-state index in [0.29, 0.717) is 12.1 Å². The van der Waals surface area contributed by atoms with Crippen molar-refractivity contribution < 1.29 is 4.79 Å². The molecule has 2 aromatic heterocycles. The zero-order chi connectivity index (χ0) is 15.8. The summed E-state index contributed by atoms with van der Waals surface area (Å²) in [5.74, 6) is 0.144. The summed E-state index contributed by atoms with van der Waals surface area (Å²) >= 11 is 0. The van der Waals surface area contributed by atoms with E-state index >= 15 is 0 Å². The van der Waals surface area contributed by atoms with Crippen LogP contribution in [0.25, 0.3) is 5.65 Å². The van der Waals surface area contributed by atoms with Crippen molar-refractivity contribution in [2.24, 2.45) is 0 Å². The molecule has 0 saturated carbocycles. The summed E-state index contributed by atoms with van der Waals surface area (Å²) in [4.78, 5) is 17.7. The Hall–Kier alpha value is -1.95. The second kappa shape index (κ2) is 5.92. The minimum absolute atomic E-state index is 0.144. The number of carbonyl (C=O) groups is 1. The molecule has 0 bridgehead atoms. The second-order valence-electron chi connectivity index (χ2n) is 6.56. The first-order valence-corrected chi connectivity index (χ1v) is 8.62. The van der Waals surface area contributed by atoms with Crippen molar-refractivity contribution in [2.75, 3.05) is 19.6 Å². The molecule has 0 aromatic carbocycles. The number of aromatic nitrogens is 3. The number of amides is 1. The average molecular weight is 313 g/mol. The topological polar surface area (TPSA) is 53.7 Å². The predicted octanol–water partition coefficient (Wildman–Crippen LogP) is 1.82. The number of hydrogen-bond acceptors (Lipinski definition) is 4. The van der Waals surface area contributed by atoms with Gasteiger partial charge < -0.3 is 4.90 Å². The third-order valence-corrected chi connectivity index (χ3v) is 5.36. The van der Waals surface area contributed by atoms with Gasteiger partial charge in [0.2, 0.25) is 0 Å². The highest BCUT2D eigenvalue weighted by Crippen LogP contribution is 2.30. The van der Waals surface area contributed by atoms with E-state index in [1.54, 1.807) is 6.33 Å². The first-order valence-electron chi connectivity index (χ1n) is 8.62. The normalized spacial score (nSPS) is 25.5. The number of carbonyl (C=O) groups excluding carboxylic acids is 1. The van der Waals surface area contributed by atoms with Crippen molar-refractivity contribution in [3.8, 4) is 0 Å². The maximum absolute atomic E-state index is 13.0. The maximum atomic E-state index is 13.0. The Morgan fingerprint density at radius 3 is 2.91 bits per heavy atom. The SMILES string of the molecule is CCN1CCC[C@H]1[C@@H]1CCCN1C(=O)c1ccc2nncn2c1. The number of pyridine rings is 1.